The van der Waals surface area contributed by atoms with Crippen LogP contribution in [-0.4, -0.2) is 34.1 Å². The molecule has 25 heavy (non-hydrogen) atoms. The molecule has 2 atom stereocenters. The van der Waals surface area contributed by atoms with E-state index in [1.54, 1.807) is 20.8 Å². The second-order valence-electron chi connectivity index (χ2n) is 6.62. The number of rotatable bonds is 2. The zero-order valence-corrected chi connectivity index (χ0v) is 13.8. The number of carbonyl (C=O) groups excluding carboxylic acids is 1. The molecule has 1 heterocycles. The van der Waals surface area contributed by atoms with Crippen molar-refractivity contribution in [3.63, 3.8) is 0 Å². The van der Waals surface area contributed by atoms with Gasteiger partial charge in [0.15, 0.2) is 17.5 Å². The highest BCUT2D eigenvalue weighted by Crippen LogP contribution is 2.31. The Balaban J connectivity index is 2.35. The lowest BCUT2D eigenvalue weighted by Gasteiger charge is -2.31. The molecule has 136 valence electrons. The average molecular weight is 358 g/mol. The van der Waals surface area contributed by atoms with E-state index < -0.39 is 46.0 Å². The van der Waals surface area contributed by atoms with E-state index in [0.717, 1.165) is 11.0 Å². The van der Waals surface area contributed by atoms with Crippen LogP contribution >= 0.6 is 0 Å². The van der Waals surface area contributed by atoms with Crippen molar-refractivity contribution in [1.82, 2.24) is 4.90 Å². The van der Waals surface area contributed by atoms with Gasteiger partial charge in [0, 0.05) is 16.7 Å². The SMILES string of the molecule is CC(C)(C)OC(=O)N1C=C[C@@H](c2ccc(F)c(F)c2F)[C@H]([N+](=O)[O-])C1. The fourth-order valence-electron chi connectivity index (χ4n) is 2.46. The third kappa shape index (κ3) is 4.09. The number of halogens is 3. The Bertz CT molecular complexity index is 731. The van der Waals surface area contributed by atoms with Gasteiger partial charge >= 0.3 is 6.09 Å². The van der Waals surface area contributed by atoms with Crippen molar-refractivity contribution in [2.45, 2.75) is 38.3 Å². The molecule has 0 saturated heterocycles. The van der Waals surface area contributed by atoms with Gasteiger partial charge in [-0.2, -0.15) is 0 Å². The van der Waals surface area contributed by atoms with Crippen LogP contribution in [0.4, 0.5) is 18.0 Å². The first-order valence-corrected chi connectivity index (χ1v) is 7.46. The van der Waals surface area contributed by atoms with Crippen LogP contribution in [0.3, 0.4) is 0 Å². The second kappa shape index (κ2) is 6.73. The van der Waals surface area contributed by atoms with Gasteiger partial charge in [0.05, 0.1) is 12.5 Å². The van der Waals surface area contributed by atoms with Crippen molar-refractivity contribution in [2.75, 3.05) is 6.54 Å². The topological polar surface area (TPSA) is 72.7 Å². The Morgan fingerprint density at radius 3 is 2.48 bits per heavy atom. The Morgan fingerprint density at radius 2 is 1.92 bits per heavy atom. The fourth-order valence-corrected chi connectivity index (χ4v) is 2.46. The number of benzene rings is 1. The van der Waals surface area contributed by atoms with E-state index in [1.807, 2.05) is 0 Å². The Labute approximate surface area is 142 Å². The van der Waals surface area contributed by atoms with Gasteiger partial charge in [0.1, 0.15) is 5.60 Å². The Hall–Kier alpha value is -2.58. The van der Waals surface area contributed by atoms with E-state index in [-0.39, 0.29) is 12.1 Å². The van der Waals surface area contributed by atoms with Gasteiger partial charge in [-0.15, -0.1) is 0 Å². The normalized spacial score (nSPS) is 20.5. The lowest BCUT2D eigenvalue weighted by molar-refractivity contribution is -0.525. The summed E-state index contributed by atoms with van der Waals surface area (Å²) >= 11 is 0. The monoisotopic (exact) mass is 358 g/mol. The maximum Gasteiger partial charge on any atom is 0.414 e. The van der Waals surface area contributed by atoms with Crippen LogP contribution in [0.5, 0.6) is 0 Å². The minimum Gasteiger partial charge on any atom is -0.443 e. The molecule has 1 aliphatic heterocycles. The third-order valence-electron chi connectivity index (χ3n) is 3.59. The molecule has 6 nitrogen and oxygen atoms in total. The fraction of sp³-hybridized carbons (Fsp3) is 0.438. The first kappa shape index (κ1) is 18.8. The van der Waals surface area contributed by atoms with E-state index in [9.17, 15) is 28.1 Å². The predicted molar refractivity (Wildman–Crippen MR) is 81.9 cm³/mol. The number of nitrogens with zero attached hydrogens (tertiary/aromatic N) is 2. The molecule has 0 fully saturated rings. The molecular formula is C16H17F3N2O4. The van der Waals surface area contributed by atoms with Gasteiger partial charge in [-0.1, -0.05) is 12.1 Å². The van der Waals surface area contributed by atoms with Crippen LogP contribution in [-0.2, 0) is 4.74 Å². The van der Waals surface area contributed by atoms with Crippen molar-refractivity contribution in [2.24, 2.45) is 0 Å². The molecule has 0 aromatic heterocycles. The quantitative estimate of drug-likeness (QED) is 0.460. The van der Waals surface area contributed by atoms with E-state index in [4.69, 9.17) is 4.74 Å². The molecule has 1 aromatic rings. The summed E-state index contributed by atoms with van der Waals surface area (Å²) < 4.78 is 45.6. The van der Waals surface area contributed by atoms with Crippen LogP contribution in [0, 0.1) is 27.6 Å². The van der Waals surface area contributed by atoms with Crippen molar-refractivity contribution in [3.8, 4) is 0 Å². The molecule has 0 radical (unpaired) electrons. The van der Waals surface area contributed by atoms with Crippen LogP contribution in [0.15, 0.2) is 24.4 Å². The van der Waals surface area contributed by atoms with Gasteiger partial charge < -0.3 is 4.74 Å². The highest BCUT2D eigenvalue weighted by Gasteiger charge is 2.40. The molecule has 1 aromatic carbocycles. The maximum atomic E-state index is 14.0. The zero-order valence-electron chi connectivity index (χ0n) is 13.8. The molecule has 1 aliphatic rings. The van der Waals surface area contributed by atoms with Crippen molar-refractivity contribution in [1.29, 1.82) is 0 Å². The number of hydrogen-bond acceptors (Lipinski definition) is 4. The molecule has 0 spiro atoms. The highest BCUT2D eigenvalue weighted by molar-refractivity contribution is 5.69. The summed E-state index contributed by atoms with van der Waals surface area (Å²) in [7, 11) is 0. The molecule has 9 heteroatoms. The first-order valence-electron chi connectivity index (χ1n) is 7.46. The summed E-state index contributed by atoms with van der Waals surface area (Å²) in [5.41, 5.74) is -1.14. The van der Waals surface area contributed by atoms with Gasteiger partial charge in [0.25, 0.3) is 0 Å². The van der Waals surface area contributed by atoms with Gasteiger partial charge in [-0.25, -0.2) is 18.0 Å². The predicted octanol–water partition coefficient (Wildman–Crippen LogP) is 3.60. The van der Waals surface area contributed by atoms with Crippen LogP contribution in [0.1, 0.15) is 32.3 Å². The smallest absolute Gasteiger partial charge is 0.414 e. The molecule has 2 rings (SSSR count). The van der Waals surface area contributed by atoms with Crippen molar-refractivity contribution < 1.29 is 27.6 Å². The summed E-state index contributed by atoms with van der Waals surface area (Å²) in [6.45, 7) is 4.54. The van der Waals surface area contributed by atoms with E-state index in [0.29, 0.717) is 6.07 Å². The van der Waals surface area contributed by atoms with Crippen LogP contribution in [0.2, 0.25) is 0 Å². The summed E-state index contributed by atoms with van der Waals surface area (Å²) in [6.07, 6.45) is 1.63. The van der Waals surface area contributed by atoms with Crippen LogP contribution in [0.25, 0.3) is 0 Å². The molecule has 1 amide bonds. The Morgan fingerprint density at radius 1 is 1.28 bits per heavy atom. The Kier molecular flexibility index (Phi) is 5.05. The minimum absolute atomic E-state index is 0.347. The standard InChI is InChI=1S/C16H17F3N2O4/c1-16(2,3)25-15(22)20-7-6-9(12(8-20)21(23)24)10-4-5-11(17)14(19)13(10)18/h4-7,9,12H,8H2,1-3H3/t9-,12+/m0/s1. The molecule has 0 bridgehead atoms. The second-order valence-corrected chi connectivity index (χ2v) is 6.62. The van der Waals surface area contributed by atoms with Crippen LogP contribution < -0.4 is 0 Å². The molecular weight excluding hydrogens is 341 g/mol. The van der Waals surface area contributed by atoms with Gasteiger partial charge in [0.2, 0.25) is 6.04 Å². The van der Waals surface area contributed by atoms with E-state index >= 15 is 0 Å². The first-order chi connectivity index (χ1) is 11.5. The summed E-state index contributed by atoms with van der Waals surface area (Å²) in [4.78, 5) is 23.7. The van der Waals surface area contributed by atoms with Crippen molar-refractivity contribution in [3.05, 3.63) is 57.5 Å². The zero-order chi connectivity index (χ0) is 18.9. The van der Waals surface area contributed by atoms with Gasteiger partial charge in [-0.05, 0) is 26.8 Å². The maximum absolute atomic E-state index is 14.0. The minimum atomic E-state index is -1.69. The van der Waals surface area contributed by atoms with E-state index in [2.05, 4.69) is 0 Å². The molecule has 0 saturated carbocycles. The molecule has 0 unspecified atom stereocenters. The number of hydrogen-bond donors (Lipinski definition) is 0. The largest absolute Gasteiger partial charge is 0.443 e. The summed E-state index contributed by atoms with van der Waals surface area (Å²) in [5.74, 6) is -5.70. The van der Waals surface area contributed by atoms with E-state index in [1.165, 1.54) is 12.3 Å². The molecule has 0 aliphatic carbocycles. The summed E-state index contributed by atoms with van der Waals surface area (Å²) in [5, 5.41) is 11.4. The number of ether oxygens (including phenoxy) is 1. The number of nitro groups is 1. The highest BCUT2D eigenvalue weighted by atomic mass is 19.2. The average Bonchev–Trinajstić information content (AvgIpc) is 2.50. The van der Waals surface area contributed by atoms with Crippen molar-refractivity contribution >= 4 is 6.09 Å². The lowest BCUT2D eigenvalue weighted by Crippen LogP contribution is -2.45. The molecule has 0 N–H and O–H groups in total. The number of carbonyl (C=O) groups is 1. The third-order valence-corrected chi connectivity index (χ3v) is 3.59. The summed E-state index contributed by atoms with van der Waals surface area (Å²) in [6, 6.07) is 0.234. The lowest BCUT2D eigenvalue weighted by atomic mass is 9.89. The number of amides is 1. The van der Waals surface area contributed by atoms with Gasteiger partial charge in [-0.3, -0.25) is 15.0 Å².